The molecule has 35 heavy (non-hydrogen) atoms. The third-order valence-corrected chi connectivity index (χ3v) is 7.78. The van der Waals surface area contributed by atoms with E-state index in [0.717, 1.165) is 68.4 Å². The van der Waals surface area contributed by atoms with Gasteiger partial charge in [0, 0.05) is 22.9 Å². The van der Waals surface area contributed by atoms with E-state index in [9.17, 15) is 8.78 Å². The molecule has 0 aromatic heterocycles. The molecular formula is C27H36ClF2N3O2. The molecule has 5 nitrogen and oxygen atoms in total. The molecule has 0 amide bonds. The monoisotopic (exact) mass is 507 g/mol. The van der Waals surface area contributed by atoms with Crippen LogP contribution in [0.2, 0.25) is 5.02 Å². The Hall–Kier alpha value is -1.99. The number of nitrogens with zero attached hydrogens (tertiary/aromatic N) is 2. The summed E-state index contributed by atoms with van der Waals surface area (Å²) in [6, 6.07) is 3.57. The summed E-state index contributed by atoms with van der Waals surface area (Å²) in [4.78, 5) is 9.58. The number of hydrogen-bond acceptors (Lipinski definition) is 5. The van der Waals surface area contributed by atoms with E-state index in [4.69, 9.17) is 31.8 Å². The highest BCUT2D eigenvalue weighted by Gasteiger charge is 2.35. The summed E-state index contributed by atoms with van der Waals surface area (Å²) >= 11 is 6.54. The molecule has 2 aliphatic carbocycles. The molecule has 1 aromatic carbocycles. The van der Waals surface area contributed by atoms with Crippen LogP contribution in [0.25, 0.3) is 0 Å². The molecule has 3 unspecified atom stereocenters. The minimum absolute atomic E-state index is 0.216. The van der Waals surface area contributed by atoms with Gasteiger partial charge in [0.05, 0.1) is 23.9 Å². The summed E-state index contributed by atoms with van der Waals surface area (Å²) in [7, 11) is 1.66. The lowest BCUT2D eigenvalue weighted by atomic mass is 9.77. The van der Waals surface area contributed by atoms with Crippen molar-refractivity contribution < 1.29 is 18.3 Å². The van der Waals surface area contributed by atoms with Crippen molar-refractivity contribution in [2.24, 2.45) is 27.7 Å². The van der Waals surface area contributed by atoms with Gasteiger partial charge in [0.15, 0.2) is 0 Å². The van der Waals surface area contributed by atoms with E-state index < -0.39 is 19.1 Å². The molecule has 2 saturated carbocycles. The van der Waals surface area contributed by atoms with Crippen molar-refractivity contribution in [1.82, 2.24) is 0 Å². The van der Waals surface area contributed by atoms with Crippen LogP contribution in [0.5, 0.6) is 0 Å². The number of anilines is 1. The van der Waals surface area contributed by atoms with Crippen LogP contribution in [-0.4, -0.2) is 31.6 Å². The largest absolute Gasteiger partial charge is 0.481 e. The molecule has 3 aliphatic rings. The number of methoxy groups -OCH3 is 1. The Morgan fingerprint density at radius 3 is 2.66 bits per heavy atom. The molecule has 1 aliphatic heterocycles. The maximum atomic E-state index is 12.8. The number of halogens is 3. The minimum atomic E-state index is -2.51. The Bertz CT molecular complexity index is 991. The first-order valence-corrected chi connectivity index (χ1v) is 13.1. The van der Waals surface area contributed by atoms with E-state index in [2.05, 4.69) is 18.0 Å². The molecule has 0 radical (unpaired) electrons. The second-order valence-corrected chi connectivity index (χ2v) is 10.4. The van der Waals surface area contributed by atoms with Crippen LogP contribution in [0.1, 0.15) is 76.4 Å². The molecule has 2 fully saturated rings. The number of hydrogen-bond donors (Lipinski definition) is 1. The lowest BCUT2D eigenvalue weighted by Crippen LogP contribution is -2.26. The van der Waals surface area contributed by atoms with Gasteiger partial charge in [0.2, 0.25) is 5.88 Å². The normalized spacial score (nSPS) is 25.6. The first-order valence-electron chi connectivity index (χ1n) is 12.7. The zero-order valence-corrected chi connectivity index (χ0v) is 21.4. The van der Waals surface area contributed by atoms with Crippen LogP contribution < -0.4 is 5.73 Å². The smallest absolute Gasteiger partial charge is 0.261 e. The summed E-state index contributed by atoms with van der Waals surface area (Å²) in [5, 5.41) is 0.480. The summed E-state index contributed by atoms with van der Waals surface area (Å²) < 4.78 is 36.5. The Morgan fingerprint density at radius 2 is 1.97 bits per heavy atom. The number of benzene rings is 1. The molecule has 1 aromatic rings. The zero-order chi connectivity index (χ0) is 24.9. The highest BCUT2D eigenvalue weighted by Crippen LogP contribution is 2.48. The number of rotatable bonds is 8. The van der Waals surface area contributed by atoms with Crippen LogP contribution >= 0.6 is 11.6 Å². The van der Waals surface area contributed by atoms with Crippen molar-refractivity contribution in [3.63, 3.8) is 0 Å². The fourth-order valence-corrected chi connectivity index (χ4v) is 5.61. The van der Waals surface area contributed by atoms with E-state index >= 15 is 0 Å². The summed E-state index contributed by atoms with van der Waals surface area (Å²) in [6.45, 7) is 1.50. The zero-order valence-electron chi connectivity index (χ0n) is 20.6. The number of nitrogen functional groups attached to an aromatic ring is 1. The van der Waals surface area contributed by atoms with Gasteiger partial charge in [0.25, 0.3) is 6.43 Å². The molecule has 0 saturated heterocycles. The number of ether oxygens (including phenoxy) is 2. The number of nitrogens with two attached hydrogens (primary N) is 1. The van der Waals surface area contributed by atoms with Crippen LogP contribution in [0.3, 0.4) is 0 Å². The Kier molecular flexibility index (Phi) is 8.82. The van der Waals surface area contributed by atoms with Crippen LogP contribution in [0.15, 0.2) is 34.1 Å². The van der Waals surface area contributed by atoms with E-state index in [-0.39, 0.29) is 5.92 Å². The van der Waals surface area contributed by atoms with Crippen molar-refractivity contribution in [1.29, 1.82) is 0 Å². The molecule has 0 spiro atoms. The highest BCUT2D eigenvalue weighted by atomic mass is 35.5. The molecule has 3 atom stereocenters. The van der Waals surface area contributed by atoms with E-state index in [1.807, 2.05) is 0 Å². The quantitative estimate of drug-likeness (QED) is 0.367. The maximum Gasteiger partial charge on any atom is 0.261 e. The number of aliphatic imine (C=N–C) groups is 2. The van der Waals surface area contributed by atoms with Crippen molar-refractivity contribution in [2.45, 2.75) is 77.2 Å². The summed E-state index contributed by atoms with van der Waals surface area (Å²) in [5.74, 6) is 1.89. The van der Waals surface area contributed by atoms with E-state index in [1.165, 1.54) is 6.42 Å². The first kappa shape index (κ1) is 26.1. The molecular weight excluding hydrogens is 472 g/mol. The van der Waals surface area contributed by atoms with E-state index in [1.54, 1.807) is 19.2 Å². The van der Waals surface area contributed by atoms with Gasteiger partial charge in [-0.1, -0.05) is 24.1 Å². The molecule has 1 heterocycles. The second kappa shape index (κ2) is 11.8. The fraction of sp³-hybridized carbons (Fsp3) is 0.630. The summed E-state index contributed by atoms with van der Waals surface area (Å²) in [6.07, 6.45) is 8.20. The van der Waals surface area contributed by atoms with Crippen molar-refractivity contribution in [2.75, 3.05) is 19.5 Å². The average molecular weight is 508 g/mol. The predicted octanol–water partition coefficient (Wildman–Crippen LogP) is 7.67. The lowest BCUT2D eigenvalue weighted by molar-refractivity contribution is -0.0334. The molecule has 192 valence electrons. The summed E-state index contributed by atoms with van der Waals surface area (Å²) in [5.41, 5.74) is 10.5. The fourth-order valence-electron chi connectivity index (χ4n) is 5.41. The molecule has 8 heteroatoms. The van der Waals surface area contributed by atoms with E-state index in [0.29, 0.717) is 34.1 Å². The first-order chi connectivity index (χ1) is 16.9. The van der Waals surface area contributed by atoms with Gasteiger partial charge in [-0.15, -0.1) is 0 Å². The maximum absolute atomic E-state index is 12.8. The minimum Gasteiger partial charge on any atom is -0.481 e. The number of allylic oxidation sites excluding steroid dienone is 1. The van der Waals surface area contributed by atoms with Crippen LogP contribution in [0, 0.1) is 17.8 Å². The number of alkyl halides is 2. The third-order valence-electron chi connectivity index (χ3n) is 7.47. The molecule has 2 N–H and O–H groups in total. The Balaban J connectivity index is 1.52. The highest BCUT2D eigenvalue weighted by molar-refractivity contribution is 6.33. The molecule has 4 rings (SSSR count). The second-order valence-electron chi connectivity index (χ2n) is 9.95. The SMILES string of the molecule is COC1=CCC(C2CCCCC(=Nc3c(Cl)ccc(C(OCC(F)F)C4CC4)c3N)CC2)C(C)=N1. The van der Waals surface area contributed by atoms with Crippen molar-refractivity contribution in [3.8, 4) is 0 Å². The van der Waals surface area contributed by atoms with Gasteiger partial charge in [0.1, 0.15) is 12.3 Å². The average Bonchev–Trinajstić information content (AvgIpc) is 3.65. The van der Waals surface area contributed by atoms with Crippen LogP contribution in [0.4, 0.5) is 20.2 Å². The van der Waals surface area contributed by atoms with Crippen molar-refractivity contribution >= 4 is 34.4 Å². The van der Waals surface area contributed by atoms with Crippen LogP contribution in [-0.2, 0) is 9.47 Å². The topological polar surface area (TPSA) is 69.2 Å². The van der Waals surface area contributed by atoms with Gasteiger partial charge in [-0.2, -0.15) is 0 Å². The third kappa shape index (κ3) is 6.62. The van der Waals surface area contributed by atoms with Gasteiger partial charge >= 0.3 is 0 Å². The lowest BCUT2D eigenvalue weighted by Gasteiger charge is -2.30. The van der Waals surface area contributed by atoms with Gasteiger partial charge in [-0.05, 0) is 82.3 Å². The molecule has 0 bridgehead atoms. The van der Waals surface area contributed by atoms with Crippen molar-refractivity contribution in [3.05, 3.63) is 34.7 Å². The Labute approximate surface area is 211 Å². The Morgan fingerprint density at radius 1 is 1.17 bits per heavy atom. The van der Waals surface area contributed by atoms with Gasteiger partial charge in [-0.25, -0.2) is 13.8 Å². The predicted molar refractivity (Wildman–Crippen MR) is 138 cm³/mol. The van der Waals surface area contributed by atoms with Gasteiger partial charge < -0.3 is 15.2 Å². The van der Waals surface area contributed by atoms with Gasteiger partial charge in [-0.3, -0.25) is 4.99 Å². The standard InChI is InChI=1S/C27H36ClF2N3O2/c1-16-20(12-14-24(32-16)34-2)17-5-3-4-6-19(10-9-17)33-26-22(28)13-11-21(25(26)31)27(18-7-8-18)35-15-23(29)30/h11,13-14,17-18,20,23,27H,3-10,12,15,31H2,1-2H3.